The molecule has 252 valence electrons. The molecular weight excluding hydrogens is 819 g/mol. The quantitative estimate of drug-likeness (QED) is 0.0613. The maximum absolute atomic E-state index is 12.1. The van der Waals surface area contributed by atoms with Crippen LogP contribution in [-0.2, 0) is 25.0 Å². The van der Waals surface area contributed by atoms with Gasteiger partial charge in [-0.15, -0.1) is 10.2 Å². The summed E-state index contributed by atoms with van der Waals surface area (Å²) in [5.41, 5.74) is 0.480. The van der Waals surface area contributed by atoms with Crippen molar-refractivity contribution in [3.63, 3.8) is 0 Å². The molecule has 3 aromatic rings. The molecule has 0 atom stereocenters. The molecule has 1 N–H and O–H groups in total. The van der Waals surface area contributed by atoms with Gasteiger partial charge in [-0.1, -0.05) is 23.2 Å². The first-order chi connectivity index (χ1) is 22.0. The van der Waals surface area contributed by atoms with Gasteiger partial charge >= 0.3 is 154 Å². The molecule has 0 aliphatic heterocycles. The number of rotatable bonds is 16. The molecule has 1 aromatic heterocycles. The summed E-state index contributed by atoms with van der Waals surface area (Å²) in [6.45, 7) is 1.76. The Morgan fingerprint density at radius 3 is 1.94 bits per heavy atom. The van der Waals surface area contributed by atoms with Gasteiger partial charge in [-0.05, 0) is 56.0 Å². The molecule has 0 aliphatic rings. The monoisotopic (exact) mass is 843 g/mol. The van der Waals surface area contributed by atoms with Gasteiger partial charge in [-0.3, -0.25) is 4.79 Å². The fourth-order valence-electron chi connectivity index (χ4n) is 4.30. The summed E-state index contributed by atoms with van der Waals surface area (Å²) < 4.78 is 67.2. The smallest absolute Gasteiger partial charge is 0.748 e. The zero-order valence-corrected chi connectivity index (χ0v) is 40.1. The Kier molecular flexibility index (Phi) is 24.0. The number of nitriles is 1. The number of aromatic carboxylic acids is 1. The fourth-order valence-corrected chi connectivity index (χ4v) is 6.06. The van der Waals surface area contributed by atoms with Crippen LogP contribution in [0.15, 0.2) is 46.8 Å². The van der Waals surface area contributed by atoms with Crippen LogP contribution >= 0.6 is 23.2 Å². The van der Waals surface area contributed by atoms with Crippen LogP contribution in [-0.4, -0.2) is 72.2 Å². The van der Waals surface area contributed by atoms with Gasteiger partial charge in [0.25, 0.3) is 0 Å². The van der Waals surface area contributed by atoms with E-state index in [1.54, 1.807) is 17.0 Å². The van der Waals surface area contributed by atoms with Crippen LogP contribution in [0.5, 0.6) is 0 Å². The van der Waals surface area contributed by atoms with Crippen molar-refractivity contribution < 1.29 is 195 Å². The first-order valence-electron chi connectivity index (χ1n) is 13.6. The van der Waals surface area contributed by atoms with Crippen LogP contribution in [0.25, 0.3) is 5.69 Å². The van der Waals surface area contributed by atoms with Gasteiger partial charge in [0.15, 0.2) is 5.82 Å². The Labute approximate surface area is 426 Å². The zero-order valence-electron chi connectivity index (χ0n) is 27.6. The van der Waals surface area contributed by atoms with Crippen LogP contribution in [0, 0.1) is 11.3 Å². The summed E-state index contributed by atoms with van der Waals surface area (Å²) in [5.74, 6) is -3.24. The van der Waals surface area contributed by atoms with Crippen LogP contribution in [0.4, 0.5) is 22.9 Å². The van der Waals surface area contributed by atoms with Gasteiger partial charge in [0.05, 0.1) is 48.1 Å². The number of azo groups is 1. The van der Waals surface area contributed by atoms with Crippen molar-refractivity contribution in [1.29, 1.82) is 5.26 Å². The summed E-state index contributed by atoms with van der Waals surface area (Å²) in [7, 11) is -8.84. The molecule has 2 aromatic carbocycles. The molecule has 0 saturated heterocycles. The van der Waals surface area contributed by atoms with Crippen molar-refractivity contribution in [3.8, 4) is 11.8 Å². The number of hydrogen-bond donors (Lipinski definition) is 1. The number of nitrogens with one attached hydrogen (secondary N) is 1. The van der Waals surface area contributed by atoms with Gasteiger partial charge in [0.1, 0.15) is 23.0 Å². The summed E-state index contributed by atoms with van der Waals surface area (Å²) in [6, 6.07) is 8.72. The minimum Gasteiger partial charge on any atom is -0.748 e. The van der Waals surface area contributed by atoms with Crippen LogP contribution < -0.4 is 169 Å². The van der Waals surface area contributed by atoms with E-state index in [4.69, 9.17) is 23.2 Å². The van der Waals surface area contributed by atoms with Crippen molar-refractivity contribution in [2.45, 2.75) is 32.6 Å². The molecule has 1 amide bonds. The minimum atomic E-state index is -4.42. The maximum Gasteiger partial charge on any atom is 1.00 e. The van der Waals surface area contributed by atoms with Gasteiger partial charge in [0.2, 0.25) is 5.91 Å². The molecule has 0 fully saturated rings. The number of hydrogen-bond acceptors (Lipinski definition) is 14. The van der Waals surface area contributed by atoms with Gasteiger partial charge in [0, 0.05) is 42.8 Å². The number of carboxylic acid groups (broad SMARTS) is 1. The molecule has 0 bridgehead atoms. The second-order valence-corrected chi connectivity index (χ2v) is 13.9. The zero-order chi connectivity index (χ0) is 34.9. The first-order valence-corrected chi connectivity index (χ1v) is 17.5. The Morgan fingerprint density at radius 2 is 1.48 bits per heavy atom. The number of nitrogens with zero attached hydrogens (tertiary/aromatic N) is 6. The average molecular weight is 845 g/mol. The van der Waals surface area contributed by atoms with E-state index in [9.17, 15) is 45.9 Å². The Bertz CT molecular complexity index is 1900. The predicted molar refractivity (Wildman–Crippen MR) is 167 cm³/mol. The number of carbonyl (C=O) groups is 2. The standard InChI is InChI=1S/C27H29Cl2N7O9S2.3K/c1-17(37)32-24-14-20(35(8-2-4-10-46(40,41)42)9-3-5-11-47(43,44)45)6-7-23(24)33-34-26-19(15-30)16-31-36(26)25-21(28)12-18(27(38)39)13-22(25)29;;;/h6-7,12-14,16H,2-5,8-11H2,1H3,(H,32,37)(H,38,39)(H,40,41,42)(H,43,44,45);;;/q;3*+1/p-3. The summed E-state index contributed by atoms with van der Waals surface area (Å²) in [6.07, 6.45) is 1.88. The normalized spacial score (nSPS) is 11.1. The van der Waals surface area contributed by atoms with E-state index >= 15 is 0 Å². The second kappa shape index (κ2) is 23.7. The SMILES string of the molecule is CC(=O)Nc1cc(N(CCCCS(=O)(=O)[O-])CCCCS(=O)(=O)[O-])ccc1N=Nc1c(C#N)cnn1-c1c(Cl)cc(C(=O)[O-])cc1Cl.[K+].[K+].[K+]. The van der Waals surface area contributed by atoms with Gasteiger partial charge in [-0.25, -0.2) is 21.5 Å². The van der Waals surface area contributed by atoms with E-state index in [-0.39, 0.29) is 237 Å². The number of carboxylic acids is 1. The average Bonchev–Trinajstić information content (AvgIpc) is 3.36. The van der Waals surface area contributed by atoms with E-state index in [0.717, 1.165) is 16.8 Å². The predicted octanol–water partition coefficient (Wildman–Crippen LogP) is -5.74. The first kappa shape index (κ1) is 50.8. The van der Waals surface area contributed by atoms with Crippen molar-refractivity contribution >= 4 is 78.2 Å². The molecule has 3 rings (SSSR count). The van der Waals surface area contributed by atoms with Crippen molar-refractivity contribution in [1.82, 2.24) is 9.78 Å². The molecule has 50 heavy (non-hydrogen) atoms. The molecule has 0 aliphatic carbocycles. The largest absolute Gasteiger partial charge is 1.00 e. The number of halogens is 2. The van der Waals surface area contributed by atoms with E-state index in [1.807, 2.05) is 6.07 Å². The third-order valence-corrected chi connectivity index (χ3v) is 8.54. The Morgan fingerprint density at radius 1 is 0.940 bits per heavy atom. The molecular formula is C27H26Cl2K3N7O9S2. The number of benzene rings is 2. The molecule has 23 heteroatoms. The summed E-state index contributed by atoms with van der Waals surface area (Å²) in [4.78, 5) is 25.1. The Hall–Kier alpha value is 0.789. The van der Waals surface area contributed by atoms with E-state index in [1.165, 1.54) is 19.2 Å². The third kappa shape index (κ3) is 16.7. The fraction of sp³-hybridized carbons (Fsp3) is 0.333. The summed E-state index contributed by atoms with van der Waals surface area (Å²) in [5, 5.41) is 35.7. The van der Waals surface area contributed by atoms with Gasteiger partial charge in [-0.2, -0.15) is 10.4 Å². The van der Waals surface area contributed by atoms with Crippen LogP contribution in [0.1, 0.15) is 48.5 Å². The molecule has 0 spiro atoms. The van der Waals surface area contributed by atoms with E-state index in [0.29, 0.717) is 5.69 Å². The third-order valence-electron chi connectivity index (χ3n) is 6.38. The molecule has 0 saturated carbocycles. The molecule has 1 heterocycles. The number of carbonyl (C=O) groups excluding carboxylic acids is 2. The number of unbranched alkanes of at least 4 members (excludes halogenated alkanes) is 2. The van der Waals surface area contributed by atoms with Crippen molar-refractivity contribution in [2.75, 3.05) is 34.8 Å². The minimum absolute atomic E-state index is 0. The van der Waals surface area contributed by atoms with Gasteiger partial charge < -0.3 is 29.2 Å². The number of anilines is 2. The van der Waals surface area contributed by atoms with Crippen LogP contribution in [0.3, 0.4) is 0 Å². The molecule has 0 radical (unpaired) electrons. The maximum atomic E-state index is 12.1. The molecule has 16 nitrogen and oxygen atoms in total. The van der Waals surface area contributed by atoms with Crippen molar-refractivity contribution in [3.05, 3.63) is 57.7 Å². The topological polar surface area (TPSA) is 253 Å². The molecule has 0 unspecified atom stereocenters. The van der Waals surface area contributed by atoms with E-state index in [2.05, 4.69) is 20.6 Å². The second-order valence-electron chi connectivity index (χ2n) is 9.99. The Balaban J connectivity index is 0.00000800. The van der Waals surface area contributed by atoms with Crippen molar-refractivity contribution in [2.24, 2.45) is 10.2 Å². The number of amides is 1. The number of aromatic nitrogens is 2. The van der Waals surface area contributed by atoms with Crippen LogP contribution in [0.2, 0.25) is 10.0 Å². The van der Waals surface area contributed by atoms with E-state index < -0.39 is 43.6 Å². The summed E-state index contributed by atoms with van der Waals surface area (Å²) >= 11 is 12.6.